The van der Waals surface area contributed by atoms with Crippen molar-refractivity contribution in [2.75, 3.05) is 5.32 Å². The molecule has 24 heavy (non-hydrogen) atoms. The summed E-state index contributed by atoms with van der Waals surface area (Å²) in [6, 6.07) is 9.08. The van der Waals surface area contributed by atoms with Crippen molar-refractivity contribution in [1.29, 1.82) is 0 Å². The van der Waals surface area contributed by atoms with Crippen LogP contribution in [0.1, 0.15) is 28.5 Å². The maximum atomic E-state index is 12.6. The third-order valence-electron chi connectivity index (χ3n) is 3.85. The summed E-state index contributed by atoms with van der Waals surface area (Å²) in [6.45, 7) is 1.46. The average Bonchev–Trinajstić information content (AvgIpc) is 3.17. The lowest BCUT2D eigenvalue weighted by Crippen LogP contribution is -2.12. The first kappa shape index (κ1) is 14.8. The van der Waals surface area contributed by atoms with Crippen molar-refractivity contribution in [3.05, 3.63) is 53.3 Å². The number of carbonyl (C=O) groups is 2. The molecule has 2 heterocycles. The number of nitrogens with one attached hydrogen (secondary N) is 1. The molecule has 1 amide bonds. The zero-order chi connectivity index (χ0) is 16.7. The number of aromatic nitrogens is 3. The molecule has 0 unspecified atom stereocenters. The Bertz CT molecular complexity index is 943. The van der Waals surface area contributed by atoms with Gasteiger partial charge in [0.05, 0.1) is 10.6 Å². The Morgan fingerprint density at radius 1 is 1.21 bits per heavy atom. The predicted molar refractivity (Wildman–Crippen MR) is 91.2 cm³/mol. The predicted octanol–water partition coefficient (Wildman–Crippen LogP) is 2.75. The van der Waals surface area contributed by atoms with Gasteiger partial charge in [0.25, 0.3) is 5.91 Å². The van der Waals surface area contributed by atoms with Crippen LogP contribution in [0.25, 0.3) is 10.6 Å². The molecule has 0 radical (unpaired) electrons. The number of hydrogen-bond acceptors (Lipinski definition) is 5. The Morgan fingerprint density at radius 3 is 2.75 bits per heavy atom. The Kier molecular flexibility index (Phi) is 3.50. The minimum Gasteiger partial charge on any atom is -0.302 e. The lowest BCUT2D eigenvalue weighted by molar-refractivity contribution is -0.114. The minimum absolute atomic E-state index is 0.147. The molecule has 0 atom stereocenters. The lowest BCUT2D eigenvalue weighted by Gasteiger charge is -2.07. The fourth-order valence-electron chi connectivity index (χ4n) is 2.76. The molecular weight excluding hydrogens is 324 g/mol. The molecule has 1 aliphatic rings. The second kappa shape index (κ2) is 5.68. The smallest absolute Gasteiger partial charge is 0.278 e. The summed E-state index contributed by atoms with van der Waals surface area (Å²) in [5.41, 5.74) is 3.34. The van der Waals surface area contributed by atoms with E-state index in [1.54, 1.807) is 18.3 Å². The van der Waals surface area contributed by atoms with Gasteiger partial charge in [0, 0.05) is 18.7 Å². The van der Waals surface area contributed by atoms with Gasteiger partial charge in [0.1, 0.15) is 5.69 Å². The quantitative estimate of drug-likeness (QED) is 0.779. The van der Waals surface area contributed by atoms with Gasteiger partial charge in [-0.05, 0) is 30.5 Å². The summed E-state index contributed by atoms with van der Waals surface area (Å²) in [6.07, 6.45) is 3.36. The molecule has 7 heteroatoms. The highest BCUT2D eigenvalue weighted by molar-refractivity contribution is 7.19. The van der Waals surface area contributed by atoms with Crippen molar-refractivity contribution in [3.63, 3.8) is 0 Å². The Labute approximate surface area is 142 Å². The third kappa shape index (κ3) is 2.52. The number of carbonyl (C=O) groups excluding carboxylic acids is 2. The molecule has 0 fully saturated rings. The molecular formula is C17H14N4O2S. The number of anilines is 1. The fraction of sp³-hybridized carbons (Fsp3) is 0.176. The molecule has 120 valence electrons. The van der Waals surface area contributed by atoms with E-state index >= 15 is 0 Å². The summed E-state index contributed by atoms with van der Waals surface area (Å²) in [5.74, 6) is -0.302. The molecule has 0 saturated carbocycles. The minimum atomic E-state index is -0.154. The first-order valence-corrected chi connectivity index (χ1v) is 8.39. The highest BCUT2D eigenvalue weighted by Crippen LogP contribution is 2.38. The Morgan fingerprint density at radius 2 is 2.00 bits per heavy atom. The molecule has 0 spiro atoms. The highest BCUT2D eigenvalue weighted by Gasteiger charge is 2.25. The molecule has 0 bridgehead atoms. The zero-order valence-corrected chi connectivity index (χ0v) is 13.8. The van der Waals surface area contributed by atoms with Crippen LogP contribution >= 0.6 is 11.3 Å². The van der Waals surface area contributed by atoms with E-state index in [2.05, 4.69) is 15.4 Å². The number of hydrogen-bond donors (Lipinski definition) is 1. The average molecular weight is 338 g/mol. The van der Waals surface area contributed by atoms with E-state index in [1.807, 2.05) is 18.2 Å². The van der Waals surface area contributed by atoms with Crippen LogP contribution in [-0.2, 0) is 17.6 Å². The van der Waals surface area contributed by atoms with Crippen LogP contribution in [0.4, 0.5) is 5.13 Å². The van der Waals surface area contributed by atoms with Crippen LogP contribution in [0, 0.1) is 0 Å². The summed E-state index contributed by atoms with van der Waals surface area (Å²) in [4.78, 5) is 29.2. The topological polar surface area (TPSA) is 76.9 Å². The van der Waals surface area contributed by atoms with Crippen molar-refractivity contribution in [3.8, 4) is 10.6 Å². The maximum absolute atomic E-state index is 12.6. The molecule has 0 saturated heterocycles. The van der Waals surface area contributed by atoms with Gasteiger partial charge in [-0.1, -0.05) is 29.5 Å². The van der Waals surface area contributed by atoms with Gasteiger partial charge in [-0.15, -0.1) is 0 Å². The molecule has 1 aliphatic carbocycles. The monoisotopic (exact) mass is 338 g/mol. The van der Waals surface area contributed by atoms with E-state index in [1.165, 1.54) is 22.9 Å². The highest BCUT2D eigenvalue weighted by atomic mass is 32.1. The fourth-order valence-corrected chi connectivity index (χ4v) is 3.84. The van der Waals surface area contributed by atoms with Gasteiger partial charge in [-0.2, -0.15) is 5.10 Å². The molecule has 0 aliphatic heterocycles. The van der Waals surface area contributed by atoms with Crippen molar-refractivity contribution >= 4 is 28.3 Å². The van der Waals surface area contributed by atoms with Crippen LogP contribution in [-0.4, -0.2) is 26.6 Å². The first-order chi connectivity index (χ1) is 11.6. The van der Waals surface area contributed by atoms with Gasteiger partial charge in [-0.3, -0.25) is 9.59 Å². The number of thiazole rings is 1. The first-order valence-electron chi connectivity index (χ1n) is 7.58. The number of benzene rings is 1. The Balaban J connectivity index is 1.71. The van der Waals surface area contributed by atoms with Crippen molar-refractivity contribution in [1.82, 2.24) is 14.8 Å². The Hall–Kier alpha value is -2.80. The lowest BCUT2D eigenvalue weighted by atomic mass is 10.0. The number of amides is 1. The van der Waals surface area contributed by atoms with Crippen molar-refractivity contribution in [2.24, 2.45) is 0 Å². The second-order valence-corrected chi connectivity index (χ2v) is 6.59. The molecule has 1 N–H and O–H groups in total. The SMILES string of the molecule is CC(=O)Nc1nc2c(s1)-c1nn(C(=O)c3ccccc3)cc1CC2. The normalized spacial score (nSPS) is 12.4. The van der Waals surface area contributed by atoms with E-state index in [0.717, 1.165) is 34.7 Å². The van der Waals surface area contributed by atoms with E-state index in [-0.39, 0.29) is 11.8 Å². The van der Waals surface area contributed by atoms with Crippen LogP contribution in [0.5, 0.6) is 0 Å². The number of aryl methyl sites for hydroxylation is 2. The van der Waals surface area contributed by atoms with Crippen LogP contribution in [0.2, 0.25) is 0 Å². The van der Waals surface area contributed by atoms with E-state index < -0.39 is 0 Å². The van der Waals surface area contributed by atoms with Crippen LogP contribution in [0.3, 0.4) is 0 Å². The number of rotatable bonds is 2. The van der Waals surface area contributed by atoms with Crippen molar-refractivity contribution < 1.29 is 9.59 Å². The standard InChI is InChI=1S/C17H14N4O2S/c1-10(22)18-17-19-13-8-7-12-9-21(20-14(12)15(13)24-17)16(23)11-5-3-2-4-6-11/h2-6,9H,7-8H2,1H3,(H,18,19,22). The molecule has 2 aromatic heterocycles. The van der Waals surface area contributed by atoms with Gasteiger partial charge in [0.2, 0.25) is 5.91 Å². The molecule has 4 rings (SSSR count). The third-order valence-corrected chi connectivity index (χ3v) is 4.87. The van der Waals surface area contributed by atoms with Gasteiger partial charge in [-0.25, -0.2) is 9.67 Å². The maximum Gasteiger partial charge on any atom is 0.278 e. The molecule has 1 aromatic carbocycles. The van der Waals surface area contributed by atoms with E-state index in [0.29, 0.717) is 10.7 Å². The summed E-state index contributed by atoms with van der Waals surface area (Å²) in [5, 5.41) is 7.77. The van der Waals surface area contributed by atoms with E-state index in [9.17, 15) is 9.59 Å². The largest absolute Gasteiger partial charge is 0.302 e. The van der Waals surface area contributed by atoms with Gasteiger partial charge < -0.3 is 5.32 Å². The zero-order valence-electron chi connectivity index (χ0n) is 12.9. The summed E-state index contributed by atoms with van der Waals surface area (Å²) >= 11 is 1.40. The van der Waals surface area contributed by atoms with Crippen molar-refractivity contribution in [2.45, 2.75) is 19.8 Å². The summed E-state index contributed by atoms with van der Waals surface area (Å²) < 4.78 is 1.40. The second-order valence-electron chi connectivity index (χ2n) is 5.59. The number of nitrogens with zero attached hydrogens (tertiary/aromatic N) is 3. The van der Waals surface area contributed by atoms with Crippen LogP contribution < -0.4 is 5.32 Å². The van der Waals surface area contributed by atoms with Gasteiger partial charge in [0.15, 0.2) is 5.13 Å². The van der Waals surface area contributed by atoms with Crippen LogP contribution in [0.15, 0.2) is 36.5 Å². The molecule has 3 aromatic rings. The number of fused-ring (bicyclic) bond motifs is 3. The molecule has 6 nitrogen and oxygen atoms in total. The van der Waals surface area contributed by atoms with E-state index in [4.69, 9.17) is 0 Å². The van der Waals surface area contributed by atoms with Gasteiger partial charge >= 0.3 is 0 Å². The summed E-state index contributed by atoms with van der Waals surface area (Å²) in [7, 11) is 0.